The Kier molecular flexibility index (Phi) is 3.25. The maximum atomic E-state index is 2.26. The van der Waals surface area contributed by atoms with Gasteiger partial charge in [-0.25, -0.2) is 0 Å². The maximum Gasteiger partial charge on any atom is -0.0310 e. The van der Waals surface area contributed by atoms with E-state index in [0.717, 1.165) is 0 Å². The summed E-state index contributed by atoms with van der Waals surface area (Å²) < 4.78 is 0. The molecule has 0 atom stereocenters. The van der Waals surface area contributed by atoms with E-state index < -0.39 is 0 Å². The van der Waals surface area contributed by atoms with Gasteiger partial charge in [0.1, 0.15) is 0 Å². The van der Waals surface area contributed by atoms with E-state index in [4.69, 9.17) is 0 Å². The molecule has 46 valence electrons. The molecule has 0 radical (unpaired) electrons. The van der Waals surface area contributed by atoms with Gasteiger partial charge in [0.05, 0.1) is 0 Å². The van der Waals surface area contributed by atoms with E-state index in [0.29, 0.717) is 0 Å². The highest BCUT2D eigenvalue weighted by atomic mass is 13.9. The van der Waals surface area contributed by atoms with Gasteiger partial charge in [-0.3, -0.25) is 0 Å². The summed E-state index contributed by atoms with van der Waals surface area (Å²) in [5.41, 5.74) is 1.41. The van der Waals surface area contributed by atoms with E-state index in [1.165, 1.54) is 18.4 Å². The molecule has 0 fully saturated rings. The molecule has 0 N–H and O–H groups in total. The average molecular weight is 110 g/mol. The Morgan fingerprint density at radius 3 is 2.38 bits per heavy atom. The minimum absolute atomic E-state index is 0. The molecular weight excluding hydrogens is 96.1 g/mol. The number of hydrogen-bond acceptors (Lipinski definition) is 0. The molecule has 0 saturated heterocycles. The van der Waals surface area contributed by atoms with Crippen molar-refractivity contribution in [2.45, 2.75) is 27.2 Å². The molecular formula is C8H14. The van der Waals surface area contributed by atoms with Crippen LogP contribution in [0.25, 0.3) is 0 Å². The van der Waals surface area contributed by atoms with Crippen LogP contribution in [0.1, 0.15) is 27.2 Å². The molecule has 1 rings (SSSR count). The predicted molar refractivity (Wildman–Crippen MR) is 38.9 cm³/mol. The van der Waals surface area contributed by atoms with Gasteiger partial charge < -0.3 is 0 Å². The summed E-state index contributed by atoms with van der Waals surface area (Å²) in [6.45, 7) is 2.13. The molecule has 0 unspecified atom stereocenters. The fourth-order valence-corrected chi connectivity index (χ4v) is 0.744. The third kappa shape index (κ3) is 1.97. The Morgan fingerprint density at radius 2 is 2.12 bits per heavy atom. The first-order valence-corrected chi connectivity index (χ1v) is 2.73. The molecule has 0 bridgehead atoms. The molecule has 0 heterocycles. The summed E-state index contributed by atoms with van der Waals surface area (Å²) in [7, 11) is 0. The largest absolute Gasteiger partial charge is 0.0840 e. The van der Waals surface area contributed by atoms with Gasteiger partial charge in [-0.05, 0) is 19.8 Å². The van der Waals surface area contributed by atoms with Crippen LogP contribution in [0.3, 0.4) is 0 Å². The second-order valence-electron chi connectivity index (χ2n) is 1.93. The Bertz CT molecular complexity index is 107. The molecule has 0 aromatic carbocycles. The van der Waals surface area contributed by atoms with Gasteiger partial charge in [0.15, 0.2) is 0 Å². The van der Waals surface area contributed by atoms with Crippen molar-refractivity contribution in [1.82, 2.24) is 0 Å². The molecule has 0 aromatic rings. The normalized spacial score (nSPS) is 16.9. The zero-order valence-corrected chi connectivity index (χ0v) is 4.65. The predicted octanol–water partition coefficient (Wildman–Crippen LogP) is 2.92. The standard InChI is InChI=1S/C7H10.CH4/c1-7-5-3-2-4-6-7;/h3,5-6H,2,4H2,1H3;1H4. The second-order valence-corrected chi connectivity index (χ2v) is 1.93. The minimum atomic E-state index is 0. The number of rotatable bonds is 0. The zero-order valence-electron chi connectivity index (χ0n) is 4.65. The summed E-state index contributed by atoms with van der Waals surface area (Å²) in [6, 6.07) is 0. The lowest BCUT2D eigenvalue weighted by Crippen LogP contribution is -1.76. The molecule has 1 aliphatic carbocycles. The number of allylic oxidation sites excluding steroid dienone is 4. The molecule has 0 heteroatoms. The van der Waals surface area contributed by atoms with Crippen molar-refractivity contribution in [3.05, 3.63) is 23.8 Å². The topological polar surface area (TPSA) is 0 Å². The van der Waals surface area contributed by atoms with E-state index in [2.05, 4.69) is 25.2 Å². The third-order valence-electron chi connectivity index (χ3n) is 1.18. The summed E-state index contributed by atoms with van der Waals surface area (Å²) in [4.78, 5) is 0. The van der Waals surface area contributed by atoms with Crippen LogP contribution in [-0.4, -0.2) is 0 Å². The van der Waals surface area contributed by atoms with Crippen LogP contribution in [0, 0.1) is 0 Å². The van der Waals surface area contributed by atoms with Gasteiger partial charge in [0.2, 0.25) is 0 Å². The van der Waals surface area contributed by atoms with Gasteiger partial charge in [-0.1, -0.05) is 31.2 Å². The minimum Gasteiger partial charge on any atom is -0.0840 e. The van der Waals surface area contributed by atoms with Crippen molar-refractivity contribution in [1.29, 1.82) is 0 Å². The molecule has 0 aliphatic heterocycles. The first kappa shape index (κ1) is 7.48. The van der Waals surface area contributed by atoms with Crippen LogP contribution < -0.4 is 0 Å². The van der Waals surface area contributed by atoms with Gasteiger partial charge in [-0.2, -0.15) is 0 Å². The third-order valence-corrected chi connectivity index (χ3v) is 1.18. The second kappa shape index (κ2) is 3.48. The molecule has 0 nitrogen and oxygen atoms in total. The quantitative estimate of drug-likeness (QED) is 0.449. The Hall–Kier alpha value is -0.520. The Morgan fingerprint density at radius 1 is 1.38 bits per heavy atom. The van der Waals surface area contributed by atoms with Crippen LogP contribution in [0.2, 0.25) is 0 Å². The molecule has 0 spiro atoms. The van der Waals surface area contributed by atoms with Crippen molar-refractivity contribution >= 4 is 0 Å². The summed E-state index contributed by atoms with van der Waals surface area (Å²) in [5.74, 6) is 0. The van der Waals surface area contributed by atoms with Crippen molar-refractivity contribution in [3.63, 3.8) is 0 Å². The molecule has 1 aliphatic rings. The van der Waals surface area contributed by atoms with Crippen molar-refractivity contribution in [2.24, 2.45) is 0 Å². The van der Waals surface area contributed by atoms with E-state index in [1.54, 1.807) is 0 Å². The lowest BCUT2D eigenvalue weighted by Gasteiger charge is -1.96. The first-order chi connectivity index (χ1) is 3.39. The van der Waals surface area contributed by atoms with Gasteiger partial charge in [0.25, 0.3) is 0 Å². The van der Waals surface area contributed by atoms with E-state index in [9.17, 15) is 0 Å². The average Bonchev–Trinajstić information content (AvgIpc) is 1.69. The molecule has 0 aromatic heterocycles. The van der Waals surface area contributed by atoms with Crippen LogP contribution in [-0.2, 0) is 0 Å². The van der Waals surface area contributed by atoms with E-state index in [1.807, 2.05) is 0 Å². The van der Waals surface area contributed by atoms with Gasteiger partial charge >= 0.3 is 0 Å². The highest BCUT2D eigenvalue weighted by Gasteiger charge is 1.86. The van der Waals surface area contributed by atoms with E-state index >= 15 is 0 Å². The monoisotopic (exact) mass is 110 g/mol. The molecule has 0 saturated carbocycles. The fraction of sp³-hybridized carbons (Fsp3) is 0.500. The highest BCUT2D eigenvalue weighted by molar-refractivity contribution is 5.18. The highest BCUT2D eigenvalue weighted by Crippen LogP contribution is 2.06. The Balaban J connectivity index is 0.000000490. The Labute approximate surface area is 51.9 Å². The van der Waals surface area contributed by atoms with Crippen LogP contribution in [0.5, 0.6) is 0 Å². The van der Waals surface area contributed by atoms with Crippen molar-refractivity contribution in [2.75, 3.05) is 0 Å². The van der Waals surface area contributed by atoms with Crippen LogP contribution in [0.4, 0.5) is 0 Å². The van der Waals surface area contributed by atoms with Gasteiger partial charge in [-0.15, -0.1) is 0 Å². The van der Waals surface area contributed by atoms with Crippen LogP contribution >= 0.6 is 0 Å². The van der Waals surface area contributed by atoms with Crippen molar-refractivity contribution < 1.29 is 0 Å². The SMILES string of the molecule is C.CC1=CCCC=C1. The summed E-state index contributed by atoms with van der Waals surface area (Å²) in [6.07, 6.45) is 9.12. The summed E-state index contributed by atoms with van der Waals surface area (Å²) >= 11 is 0. The maximum absolute atomic E-state index is 2.26. The van der Waals surface area contributed by atoms with Gasteiger partial charge in [0, 0.05) is 0 Å². The first-order valence-electron chi connectivity index (χ1n) is 2.73. The zero-order chi connectivity index (χ0) is 5.11. The molecule has 0 amide bonds. The summed E-state index contributed by atoms with van der Waals surface area (Å²) in [5, 5.41) is 0. The van der Waals surface area contributed by atoms with E-state index in [-0.39, 0.29) is 7.43 Å². The fourth-order valence-electron chi connectivity index (χ4n) is 0.744. The lowest BCUT2D eigenvalue weighted by atomic mass is 10.1. The van der Waals surface area contributed by atoms with Crippen molar-refractivity contribution in [3.8, 4) is 0 Å². The smallest absolute Gasteiger partial charge is 0.0310 e. The number of hydrogen-bond donors (Lipinski definition) is 0. The molecule has 8 heavy (non-hydrogen) atoms. The lowest BCUT2D eigenvalue weighted by molar-refractivity contribution is 1.02. The van der Waals surface area contributed by atoms with Crippen LogP contribution in [0.15, 0.2) is 23.8 Å².